The van der Waals surface area contributed by atoms with E-state index in [9.17, 15) is 14.4 Å². The highest BCUT2D eigenvalue weighted by atomic mass is 79.9. The zero-order valence-corrected chi connectivity index (χ0v) is 24.2. The number of ether oxygens (including phenoxy) is 2. The molecule has 0 saturated carbocycles. The highest BCUT2D eigenvalue weighted by Gasteiger charge is 2.54. The smallest absolute Gasteiger partial charge is 0.356 e. The number of nitrogens with one attached hydrogen (secondary N) is 1. The molecule has 1 saturated heterocycles. The first-order valence-electron chi connectivity index (χ1n) is 12.2. The number of benzene rings is 3. The molecule has 0 radical (unpaired) electrons. The second-order valence-corrected chi connectivity index (χ2v) is 11.9. The van der Waals surface area contributed by atoms with Crippen molar-refractivity contribution in [1.29, 1.82) is 0 Å². The number of carbonyl (C=O) groups excluding carboxylic acids is 3. The molecule has 2 aliphatic heterocycles. The van der Waals surface area contributed by atoms with Gasteiger partial charge in [0.05, 0.1) is 13.5 Å². The number of hydrogen-bond acceptors (Lipinski definition) is 7. The van der Waals surface area contributed by atoms with Gasteiger partial charge in [-0.1, -0.05) is 66.4 Å². The number of hydrogen-bond donors (Lipinski definition) is 1. The molecule has 200 valence electrons. The van der Waals surface area contributed by atoms with Crippen LogP contribution in [0.3, 0.4) is 0 Å². The van der Waals surface area contributed by atoms with E-state index in [1.165, 1.54) is 28.4 Å². The molecule has 0 spiro atoms. The number of esters is 1. The van der Waals surface area contributed by atoms with E-state index in [0.717, 1.165) is 25.4 Å². The van der Waals surface area contributed by atoms with E-state index in [-0.39, 0.29) is 35.9 Å². The average molecular weight is 626 g/mol. The highest BCUT2D eigenvalue weighted by molar-refractivity contribution is 9.10. The molecular formula is C29H25BrN2O5S2. The zero-order valence-electron chi connectivity index (χ0n) is 21.0. The molecule has 1 N–H and O–H groups in total. The predicted octanol–water partition coefficient (Wildman–Crippen LogP) is 5.15. The van der Waals surface area contributed by atoms with Gasteiger partial charge in [0.2, 0.25) is 5.91 Å². The van der Waals surface area contributed by atoms with Gasteiger partial charge in [0.1, 0.15) is 29.5 Å². The first-order valence-corrected chi connectivity index (χ1v) is 14.8. The van der Waals surface area contributed by atoms with E-state index in [0.29, 0.717) is 11.5 Å². The lowest BCUT2D eigenvalue weighted by Crippen LogP contribution is -2.70. The molecule has 0 aromatic heterocycles. The Hall–Kier alpha value is -3.21. The second-order valence-electron chi connectivity index (χ2n) is 8.85. The Morgan fingerprint density at radius 3 is 2.46 bits per heavy atom. The third kappa shape index (κ3) is 6.18. The van der Waals surface area contributed by atoms with E-state index < -0.39 is 12.0 Å². The molecule has 2 amide bonds. The summed E-state index contributed by atoms with van der Waals surface area (Å²) in [6.45, 7) is 0.0520. The SMILES string of the molecule is COc1ccc(COC(=O)C2=C(Sc3ccccc3Br)CS[C@H]3[C@H](NC(=O)Cc4ccccc4)C(=O)N23)cc1. The van der Waals surface area contributed by atoms with Crippen LogP contribution >= 0.6 is 39.5 Å². The summed E-state index contributed by atoms with van der Waals surface area (Å²) in [5, 5.41) is 2.48. The Balaban J connectivity index is 1.34. The summed E-state index contributed by atoms with van der Waals surface area (Å²) in [6, 6.07) is 23.6. The monoisotopic (exact) mass is 624 g/mol. The van der Waals surface area contributed by atoms with Crippen molar-refractivity contribution in [3.05, 3.63) is 105 Å². The Bertz CT molecular complexity index is 1410. The molecule has 3 aromatic rings. The number of carbonyl (C=O) groups is 3. The van der Waals surface area contributed by atoms with E-state index >= 15 is 0 Å². The van der Waals surface area contributed by atoms with Crippen molar-refractivity contribution in [3.63, 3.8) is 0 Å². The third-order valence-electron chi connectivity index (χ3n) is 6.25. The second kappa shape index (κ2) is 12.3. The number of β-lactam (4-membered cyclic amide) rings is 1. The average Bonchev–Trinajstić information content (AvgIpc) is 2.96. The molecule has 0 unspecified atom stereocenters. The van der Waals surface area contributed by atoms with Gasteiger partial charge in [0.25, 0.3) is 5.91 Å². The van der Waals surface area contributed by atoms with Crippen molar-refractivity contribution in [2.45, 2.75) is 29.3 Å². The predicted molar refractivity (Wildman–Crippen MR) is 155 cm³/mol. The van der Waals surface area contributed by atoms with Crippen LogP contribution < -0.4 is 10.1 Å². The summed E-state index contributed by atoms with van der Waals surface area (Å²) in [6.07, 6.45) is 0.178. The molecule has 2 atom stereocenters. The van der Waals surface area contributed by atoms with Gasteiger partial charge in [-0.25, -0.2) is 4.79 Å². The minimum Gasteiger partial charge on any atom is -0.497 e. The molecule has 0 bridgehead atoms. The fourth-order valence-corrected chi connectivity index (χ4v) is 7.28. The lowest BCUT2D eigenvalue weighted by molar-refractivity contribution is -0.153. The number of methoxy groups -OCH3 is 1. The molecule has 10 heteroatoms. The van der Waals surface area contributed by atoms with Gasteiger partial charge in [-0.3, -0.25) is 14.5 Å². The third-order valence-corrected chi connectivity index (χ3v) is 9.83. The molecule has 1 fully saturated rings. The van der Waals surface area contributed by atoms with Crippen LogP contribution in [0.5, 0.6) is 5.75 Å². The fourth-order valence-electron chi connectivity index (χ4n) is 4.26. The Morgan fingerprint density at radius 2 is 1.74 bits per heavy atom. The van der Waals surface area contributed by atoms with Crippen LogP contribution in [0.1, 0.15) is 11.1 Å². The van der Waals surface area contributed by atoms with Crippen LogP contribution in [-0.4, -0.2) is 47.0 Å². The van der Waals surface area contributed by atoms with Crippen molar-refractivity contribution in [2.75, 3.05) is 12.9 Å². The van der Waals surface area contributed by atoms with Gasteiger partial charge in [-0.2, -0.15) is 0 Å². The fraction of sp³-hybridized carbons (Fsp3) is 0.207. The van der Waals surface area contributed by atoms with E-state index in [1.807, 2.05) is 66.7 Å². The van der Waals surface area contributed by atoms with Crippen LogP contribution in [0, 0.1) is 0 Å². The van der Waals surface area contributed by atoms with Crippen LogP contribution in [0.4, 0.5) is 0 Å². The van der Waals surface area contributed by atoms with Crippen LogP contribution in [-0.2, 0) is 32.1 Å². The summed E-state index contributed by atoms with van der Waals surface area (Å²) < 4.78 is 11.8. The molecule has 5 rings (SSSR count). The Labute approximate surface area is 243 Å². The maximum atomic E-state index is 13.5. The van der Waals surface area contributed by atoms with Gasteiger partial charge >= 0.3 is 5.97 Å². The number of thioether (sulfide) groups is 2. The first-order chi connectivity index (χ1) is 18.9. The van der Waals surface area contributed by atoms with Crippen LogP contribution in [0.15, 0.2) is 98.8 Å². The largest absolute Gasteiger partial charge is 0.497 e. The molecule has 3 aromatic carbocycles. The minimum absolute atomic E-state index is 0.0520. The molecule has 0 aliphatic carbocycles. The van der Waals surface area contributed by atoms with Crippen LogP contribution in [0.2, 0.25) is 0 Å². The summed E-state index contributed by atoms with van der Waals surface area (Å²) in [4.78, 5) is 42.6. The number of nitrogens with zero attached hydrogens (tertiary/aromatic N) is 1. The molecule has 7 nitrogen and oxygen atoms in total. The van der Waals surface area contributed by atoms with Crippen molar-refractivity contribution in [1.82, 2.24) is 10.2 Å². The number of rotatable bonds is 9. The first kappa shape index (κ1) is 27.4. The zero-order chi connectivity index (χ0) is 27.4. The quantitative estimate of drug-likeness (QED) is 0.260. The number of amides is 2. The summed E-state index contributed by atoms with van der Waals surface area (Å²) >= 11 is 6.51. The molecule has 2 heterocycles. The normalized spacial score (nSPS) is 18.2. The van der Waals surface area contributed by atoms with Crippen molar-refractivity contribution in [3.8, 4) is 5.75 Å². The van der Waals surface area contributed by atoms with Crippen molar-refractivity contribution in [2.24, 2.45) is 0 Å². The summed E-state index contributed by atoms with van der Waals surface area (Å²) in [5.41, 5.74) is 1.89. The van der Waals surface area contributed by atoms with Gasteiger partial charge in [-0.15, -0.1) is 11.8 Å². The molecule has 39 heavy (non-hydrogen) atoms. The maximum Gasteiger partial charge on any atom is 0.356 e. The lowest BCUT2D eigenvalue weighted by Gasteiger charge is -2.49. The van der Waals surface area contributed by atoms with Gasteiger partial charge in [-0.05, 0) is 51.3 Å². The van der Waals surface area contributed by atoms with Crippen LogP contribution in [0.25, 0.3) is 0 Å². The van der Waals surface area contributed by atoms with Gasteiger partial charge < -0.3 is 14.8 Å². The number of halogens is 1. The van der Waals surface area contributed by atoms with E-state index in [2.05, 4.69) is 21.2 Å². The van der Waals surface area contributed by atoms with Gasteiger partial charge in [0.15, 0.2) is 0 Å². The highest BCUT2D eigenvalue weighted by Crippen LogP contribution is 2.46. The van der Waals surface area contributed by atoms with E-state index in [4.69, 9.17) is 9.47 Å². The van der Waals surface area contributed by atoms with Gasteiger partial charge in [0, 0.05) is 20.0 Å². The summed E-state index contributed by atoms with van der Waals surface area (Å²) in [5.74, 6) is 0.0704. The molecular weight excluding hydrogens is 600 g/mol. The topological polar surface area (TPSA) is 84.9 Å². The van der Waals surface area contributed by atoms with Crippen molar-refractivity contribution < 1.29 is 23.9 Å². The standard InChI is InChI=1S/C29H25BrN2O5S2/c1-36-20-13-11-19(12-14-20)16-37-29(35)26-23(39-22-10-6-5-9-21(22)30)17-38-28-25(27(34)32(26)28)31-24(33)15-18-7-3-2-4-8-18/h2-14,25,28H,15-17H2,1H3,(H,31,33)/t25-,28+/m1/s1. The van der Waals surface area contributed by atoms with Crippen molar-refractivity contribution >= 4 is 57.2 Å². The minimum atomic E-state index is -0.703. The molecule has 2 aliphatic rings. The van der Waals surface area contributed by atoms with E-state index in [1.54, 1.807) is 19.2 Å². The lowest BCUT2D eigenvalue weighted by atomic mass is 10.0. The Morgan fingerprint density at radius 1 is 1.03 bits per heavy atom. The Kier molecular flexibility index (Phi) is 8.64. The summed E-state index contributed by atoms with van der Waals surface area (Å²) in [7, 11) is 1.59. The maximum absolute atomic E-state index is 13.5. The number of fused-ring (bicyclic) bond motifs is 1.